The molecule has 0 fully saturated rings. The summed E-state index contributed by atoms with van der Waals surface area (Å²) in [6.07, 6.45) is -1.02. The minimum atomic E-state index is -0.946. The standard InChI is InChI=1S/C21H23NO5/c1-3-26-18-11-9-16(10-12-18)19(23)13-14-20(24)27-15(2)21(25)22-17-7-5-4-6-8-17/h4-12,15H,3,13-14H2,1-2H3,(H,22,25)/t15-/m0/s1. The molecule has 0 aliphatic heterocycles. The molecule has 2 aromatic rings. The van der Waals surface area contributed by atoms with Gasteiger partial charge in [-0.1, -0.05) is 18.2 Å². The highest BCUT2D eigenvalue weighted by Gasteiger charge is 2.19. The van der Waals surface area contributed by atoms with E-state index < -0.39 is 18.0 Å². The molecule has 0 saturated heterocycles. The molecule has 0 aliphatic carbocycles. The van der Waals surface area contributed by atoms with Crippen LogP contribution in [0.25, 0.3) is 0 Å². The first-order valence-electron chi connectivity index (χ1n) is 8.81. The molecule has 142 valence electrons. The number of hydrogen-bond acceptors (Lipinski definition) is 5. The lowest BCUT2D eigenvalue weighted by atomic mass is 10.1. The average Bonchev–Trinajstić information content (AvgIpc) is 2.67. The van der Waals surface area contributed by atoms with Crippen molar-refractivity contribution in [3.05, 3.63) is 60.2 Å². The molecule has 0 heterocycles. The molecule has 0 aliphatic rings. The fraction of sp³-hybridized carbons (Fsp3) is 0.286. The van der Waals surface area contributed by atoms with Crippen LogP contribution in [0.15, 0.2) is 54.6 Å². The Labute approximate surface area is 158 Å². The van der Waals surface area contributed by atoms with E-state index in [9.17, 15) is 14.4 Å². The number of ketones is 1. The van der Waals surface area contributed by atoms with Crippen LogP contribution in [0.4, 0.5) is 5.69 Å². The van der Waals surface area contributed by atoms with E-state index in [1.807, 2.05) is 13.0 Å². The molecular weight excluding hydrogens is 346 g/mol. The van der Waals surface area contributed by atoms with Crippen molar-refractivity contribution in [1.29, 1.82) is 0 Å². The number of ether oxygens (including phenoxy) is 2. The quantitative estimate of drug-likeness (QED) is 0.539. The molecule has 2 rings (SSSR count). The van der Waals surface area contributed by atoms with E-state index >= 15 is 0 Å². The molecule has 0 radical (unpaired) electrons. The number of rotatable bonds is 9. The van der Waals surface area contributed by atoms with Crippen LogP contribution in [0.1, 0.15) is 37.0 Å². The van der Waals surface area contributed by atoms with Crippen LogP contribution in [-0.4, -0.2) is 30.4 Å². The lowest BCUT2D eigenvalue weighted by Crippen LogP contribution is -2.30. The molecule has 6 nitrogen and oxygen atoms in total. The summed E-state index contributed by atoms with van der Waals surface area (Å²) in [5.74, 6) is -0.500. The molecule has 6 heteroatoms. The van der Waals surface area contributed by atoms with Gasteiger partial charge in [-0.15, -0.1) is 0 Å². The minimum absolute atomic E-state index is 0.0137. The molecular formula is C21H23NO5. The van der Waals surface area contributed by atoms with Crippen molar-refractivity contribution in [2.45, 2.75) is 32.8 Å². The number of anilines is 1. The zero-order chi connectivity index (χ0) is 19.6. The Hall–Kier alpha value is -3.15. The largest absolute Gasteiger partial charge is 0.494 e. The molecule has 0 saturated carbocycles. The maximum Gasteiger partial charge on any atom is 0.307 e. The van der Waals surface area contributed by atoms with Gasteiger partial charge in [0.1, 0.15) is 5.75 Å². The molecule has 1 N–H and O–H groups in total. The summed E-state index contributed by atoms with van der Waals surface area (Å²) in [6, 6.07) is 15.6. The van der Waals surface area contributed by atoms with E-state index in [-0.39, 0.29) is 18.6 Å². The zero-order valence-corrected chi connectivity index (χ0v) is 15.4. The highest BCUT2D eigenvalue weighted by atomic mass is 16.5. The van der Waals surface area contributed by atoms with E-state index in [2.05, 4.69) is 5.32 Å². The van der Waals surface area contributed by atoms with Gasteiger partial charge in [0.2, 0.25) is 0 Å². The molecule has 27 heavy (non-hydrogen) atoms. The third kappa shape index (κ3) is 6.58. The van der Waals surface area contributed by atoms with Crippen molar-refractivity contribution in [3.63, 3.8) is 0 Å². The van der Waals surface area contributed by atoms with E-state index in [1.54, 1.807) is 48.5 Å². The molecule has 0 spiro atoms. The molecule has 1 amide bonds. The molecule has 0 bridgehead atoms. The highest BCUT2D eigenvalue weighted by Crippen LogP contribution is 2.14. The second-order valence-corrected chi connectivity index (χ2v) is 5.87. The van der Waals surface area contributed by atoms with Gasteiger partial charge in [-0.3, -0.25) is 14.4 Å². The van der Waals surface area contributed by atoms with Crippen LogP contribution < -0.4 is 10.1 Å². The van der Waals surface area contributed by atoms with Gasteiger partial charge < -0.3 is 14.8 Å². The molecule has 0 unspecified atom stereocenters. The van der Waals surface area contributed by atoms with E-state index in [0.29, 0.717) is 23.6 Å². The second-order valence-electron chi connectivity index (χ2n) is 5.87. The summed E-state index contributed by atoms with van der Waals surface area (Å²) in [6.45, 7) is 3.92. The van der Waals surface area contributed by atoms with Crippen LogP contribution in [-0.2, 0) is 14.3 Å². The summed E-state index contributed by atoms with van der Waals surface area (Å²) in [5.41, 5.74) is 1.12. The Morgan fingerprint density at radius 3 is 2.26 bits per heavy atom. The van der Waals surface area contributed by atoms with Crippen molar-refractivity contribution in [1.82, 2.24) is 0 Å². The van der Waals surface area contributed by atoms with Gasteiger partial charge in [0.05, 0.1) is 13.0 Å². The van der Waals surface area contributed by atoms with Gasteiger partial charge >= 0.3 is 5.97 Å². The van der Waals surface area contributed by atoms with Gasteiger partial charge in [0.15, 0.2) is 11.9 Å². The summed E-state index contributed by atoms with van der Waals surface area (Å²) < 4.78 is 10.4. The first kappa shape index (κ1) is 20.2. The Kier molecular flexibility index (Phi) is 7.55. The first-order valence-corrected chi connectivity index (χ1v) is 8.81. The third-order valence-electron chi connectivity index (χ3n) is 3.76. The number of benzene rings is 2. The normalized spacial score (nSPS) is 11.3. The third-order valence-corrected chi connectivity index (χ3v) is 3.76. The van der Waals surface area contributed by atoms with Gasteiger partial charge in [-0.05, 0) is 50.2 Å². The maximum absolute atomic E-state index is 12.2. The van der Waals surface area contributed by atoms with Gasteiger partial charge in [-0.2, -0.15) is 0 Å². The van der Waals surface area contributed by atoms with Gasteiger partial charge in [0, 0.05) is 17.7 Å². The van der Waals surface area contributed by atoms with Crippen molar-refractivity contribution in [2.24, 2.45) is 0 Å². The van der Waals surface area contributed by atoms with Crippen molar-refractivity contribution in [3.8, 4) is 5.75 Å². The Morgan fingerprint density at radius 2 is 1.63 bits per heavy atom. The van der Waals surface area contributed by atoms with Gasteiger partial charge in [0.25, 0.3) is 5.91 Å². The fourth-order valence-electron chi connectivity index (χ4n) is 2.34. The van der Waals surface area contributed by atoms with Crippen LogP contribution in [0.2, 0.25) is 0 Å². The summed E-state index contributed by atoms with van der Waals surface area (Å²) in [4.78, 5) is 36.1. The topological polar surface area (TPSA) is 81.7 Å². The lowest BCUT2D eigenvalue weighted by Gasteiger charge is -2.13. The first-order chi connectivity index (χ1) is 13.0. The molecule has 2 aromatic carbocycles. The number of Topliss-reactive ketones (excluding diaryl/α,β-unsaturated/α-hetero) is 1. The zero-order valence-electron chi connectivity index (χ0n) is 15.4. The van der Waals surface area contributed by atoms with E-state index in [0.717, 1.165) is 0 Å². The van der Waals surface area contributed by atoms with E-state index in [1.165, 1.54) is 6.92 Å². The van der Waals surface area contributed by atoms with Crippen molar-refractivity contribution >= 4 is 23.3 Å². The van der Waals surface area contributed by atoms with Crippen molar-refractivity contribution in [2.75, 3.05) is 11.9 Å². The van der Waals surface area contributed by atoms with Crippen LogP contribution in [0, 0.1) is 0 Å². The minimum Gasteiger partial charge on any atom is -0.494 e. The summed E-state index contributed by atoms with van der Waals surface area (Å²) in [5, 5.41) is 2.66. The number of carbonyl (C=O) groups is 3. The number of esters is 1. The Bertz CT molecular complexity index is 771. The number of nitrogens with one attached hydrogen (secondary N) is 1. The Morgan fingerprint density at radius 1 is 0.963 bits per heavy atom. The van der Waals surface area contributed by atoms with Crippen LogP contribution in [0.5, 0.6) is 5.75 Å². The fourth-order valence-corrected chi connectivity index (χ4v) is 2.34. The number of amides is 1. The molecule has 0 aromatic heterocycles. The van der Waals surface area contributed by atoms with Crippen LogP contribution >= 0.6 is 0 Å². The number of hydrogen-bond donors (Lipinski definition) is 1. The smallest absolute Gasteiger partial charge is 0.307 e. The highest BCUT2D eigenvalue weighted by molar-refractivity contribution is 5.98. The summed E-state index contributed by atoms with van der Waals surface area (Å²) in [7, 11) is 0. The number of para-hydroxylation sites is 1. The van der Waals surface area contributed by atoms with Crippen LogP contribution in [0.3, 0.4) is 0 Å². The number of carbonyl (C=O) groups excluding carboxylic acids is 3. The second kappa shape index (κ2) is 10.1. The van der Waals surface area contributed by atoms with Crippen molar-refractivity contribution < 1.29 is 23.9 Å². The SMILES string of the molecule is CCOc1ccc(C(=O)CCC(=O)O[C@@H](C)C(=O)Nc2ccccc2)cc1. The summed E-state index contributed by atoms with van der Waals surface area (Å²) >= 11 is 0. The predicted octanol–water partition coefficient (Wildman–Crippen LogP) is 3.62. The van der Waals surface area contributed by atoms with Gasteiger partial charge in [-0.25, -0.2) is 0 Å². The molecule has 1 atom stereocenters. The monoisotopic (exact) mass is 369 g/mol. The predicted molar refractivity (Wildman–Crippen MR) is 102 cm³/mol. The maximum atomic E-state index is 12.2. The lowest BCUT2D eigenvalue weighted by molar-refractivity contribution is -0.153. The Balaban J connectivity index is 1.77. The van der Waals surface area contributed by atoms with E-state index in [4.69, 9.17) is 9.47 Å². The average molecular weight is 369 g/mol.